The molecule has 0 aliphatic rings. The van der Waals surface area contributed by atoms with Crippen LogP contribution in [0.1, 0.15) is 34.3 Å². The summed E-state index contributed by atoms with van der Waals surface area (Å²) < 4.78 is 3.82. The summed E-state index contributed by atoms with van der Waals surface area (Å²) in [5.41, 5.74) is 1.93. The maximum absolute atomic E-state index is 11.9. The van der Waals surface area contributed by atoms with Crippen LogP contribution < -0.4 is 10.6 Å². The zero-order valence-electron chi connectivity index (χ0n) is 12.0. The number of amides is 1. The maximum Gasteiger partial charge on any atom is 0.264 e. The zero-order valence-corrected chi connectivity index (χ0v) is 12.8. The number of pyridine rings is 1. The van der Waals surface area contributed by atoms with Crippen molar-refractivity contribution in [2.45, 2.75) is 26.3 Å². The van der Waals surface area contributed by atoms with E-state index in [0.717, 1.165) is 48.7 Å². The Morgan fingerprint density at radius 2 is 2.29 bits per heavy atom. The smallest absolute Gasteiger partial charge is 0.264 e. The third-order valence-electron chi connectivity index (χ3n) is 2.96. The molecule has 7 heteroatoms. The van der Waals surface area contributed by atoms with Gasteiger partial charge in [0.2, 0.25) is 0 Å². The van der Waals surface area contributed by atoms with Crippen LogP contribution in [0.15, 0.2) is 24.5 Å². The molecule has 0 aliphatic heterocycles. The van der Waals surface area contributed by atoms with Crippen LogP contribution in [0.25, 0.3) is 0 Å². The van der Waals surface area contributed by atoms with Crippen molar-refractivity contribution < 1.29 is 4.79 Å². The van der Waals surface area contributed by atoms with Crippen LogP contribution >= 0.6 is 11.5 Å². The Bertz CT molecular complexity index is 558. The number of nitrogens with zero attached hydrogens (tertiary/aromatic N) is 3. The number of aromatic nitrogens is 3. The van der Waals surface area contributed by atoms with Crippen LogP contribution in [0.4, 0.5) is 0 Å². The summed E-state index contributed by atoms with van der Waals surface area (Å²) in [4.78, 5) is 16.6. The fourth-order valence-electron chi connectivity index (χ4n) is 1.84. The molecule has 0 atom stereocenters. The molecule has 112 valence electrons. The van der Waals surface area contributed by atoms with Gasteiger partial charge in [0.05, 0.1) is 5.69 Å². The average Bonchev–Trinajstić information content (AvgIpc) is 3.00. The summed E-state index contributed by atoms with van der Waals surface area (Å²) in [5.74, 6) is -0.0749. The van der Waals surface area contributed by atoms with Crippen molar-refractivity contribution in [1.82, 2.24) is 25.2 Å². The Morgan fingerprint density at radius 1 is 1.38 bits per heavy atom. The fourth-order valence-corrected chi connectivity index (χ4v) is 2.51. The molecule has 0 aromatic carbocycles. The monoisotopic (exact) mass is 305 g/mol. The largest absolute Gasteiger partial charge is 0.351 e. The molecule has 0 aliphatic carbocycles. The van der Waals surface area contributed by atoms with Crippen molar-refractivity contribution in [3.63, 3.8) is 0 Å². The Balaban J connectivity index is 1.61. The minimum Gasteiger partial charge on any atom is -0.351 e. The van der Waals surface area contributed by atoms with Crippen molar-refractivity contribution in [3.8, 4) is 0 Å². The summed E-state index contributed by atoms with van der Waals surface area (Å²) in [5, 5.41) is 10.2. The van der Waals surface area contributed by atoms with Crippen molar-refractivity contribution in [2.75, 3.05) is 13.1 Å². The zero-order chi connectivity index (χ0) is 14.9. The highest BCUT2D eigenvalue weighted by atomic mass is 32.1. The minimum atomic E-state index is -0.0749. The number of hydrogen-bond acceptors (Lipinski definition) is 6. The molecule has 1 amide bonds. The van der Waals surface area contributed by atoms with Gasteiger partial charge in [-0.1, -0.05) is 17.5 Å². The van der Waals surface area contributed by atoms with Crippen LogP contribution in [-0.4, -0.2) is 33.6 Å². The maximum atomic E-state index is 11.9. The van der Waals surface area contributed by atoms with E-state index >= 15 is 0 Å². The third-order valence-corrected chi connectivity index (χ3v) is 3.73. The molecule has 21 heavy (non-hydrogen) atoms. The Morgan fingerprint density at radius 3 is 3.05 bits per heavy atom. The first-order chi connectivity index (χ1) is 10.3. The van der Waals surface area contributed by atoms with E-state index in [9.17, 15) is 4.79 Å². The second-order valence-electron chi connectivity index (χ2n) is 4.55. The molecule has 2 aromatic rings. The molecule has 0 spiro atoms. The van der Waals surface area contributed by atoms with E-state index in [2.05, 4.69) is 25.2 Å². The SMILES string of the molecule is CCc1nnsc1C(=O)NCCCNCc1cccnc1. The topological polar surface area (TPSA) is 79.8 Å². The van der Waals surface area contributed by atoms with E-state index in [1.165, 1.54) is 0 Å². The number of rotatable bonds is 8. The lowest BCUT2D eigenvalue weighted by Crippen LogP contribution is -2.27. The van der Waals surface area contributed by atoms with E-state index in [1.807, 2.05) is 25.3 Å². The number of carbonyl (C=O) groups excluding carboxylic acids is 1. The predicted octanol–water partition coefficient (Wildman–Crippen LogP) is 1.41. The second kappa shape index (κ2) is 8.43. The summed E-state index contributed by atoms with van der Waals surface area (Å²) in [7, 11) is 0. The van der Waals surface area contributed by atoms with Crippen molar-refractivity contribution in [3.05, 3.63) is 40.7 Å². The molecular formula is C14H19N5OS. The Kier molecular flexibility index (Phi) is 6.23. The van der Waals surface area contributed by atoms with E-state index in [0.29, 0.717) is 11.4 Å². The molecule has 2 N–H and O–H groups in total. The molecule has 2 heterocycles. The predicted molar refractivity (Wildman–Crippen MR) is 82.2 cm³/mol. The molecule has 2 aromatic heterocycles. The summed E-state index contributed by atoms with van der Waals surface area (Å²) in [6, 6.07) is 3.95. The molecule has 2 rings (SSSR count). The van der Waals surface area contributed by atoms with Crippen LogP contribution in [0.3, 0.4) is 0 Å². The van der Waals surface area contributed by atoms with Gasteiger partial charge in [0, 0.05) is 25.5 Å². The highest BCUT2D eigenvalue weighted by Gasteiger charge is 2.13. The van der Waals surface area contributed by atoms with Crippen LogP contribution in [0.2, 0.25) is 0 Å². The molecule has 0 radical (unpaired) electrons. The first-order valence-electron chi connectivity index (χ1n) is 7.00. The van der Waals surface area contributed by atoms with Crippen molar-refractivity contribution in [2.24, 2.45) is 0 Å². The standard InChI is InChI=1S/C14H19N5OS/c1-2-12-13(21-19-18-12)14(20)17-8-4-7-16-10-11-5-3-6-15-9-11/h3,5-6,9,16H,2,4,7-8,10H2,1H3,(H,17,20). The van der Waals surface area contributed by atoms with Crippen LogP contribution in [0, 0.1) is 0 Å². The van der Waals surface area contributed by atoms with Crippen LogP contribution in [-0.2, 0) is 13.0 Å². The first-order valence-corrected chi connectivity index (χ1v) is 7.77. The molecule has 0 saturated carbocycles. The van der Waals surface area contributed by atoms with Gasteiger partial charge in [0.1, 0.15) is 4.88 Å². The van der Waals surface area contributed by atoms with Crippen molar-refractivity contribution >= 4 is 17.4 Å². The Labute approximate surface area is 128 Å². The average molecular weight is 305 g/mol. The van der Waals surface area contributed by atoms with Gasteiger partial charge in [-0.15, -0.1) is 5.10 Å². The van der Waals surface area contributed by atoms with Gasteiger partial charge in [-0.25, -0.2) is 0 Å². The van der Waals surface area contributed by atoms with Gasteiger partial charge >= 0.3 is 0 Å². The molecule has 0 bridgehead atoms. The van der Waals surface area contributed by atoms with Gasteiger partial charge in [0.15, 0.2) is 0 Å². The minimum absolute atomic E-state index is 0.0749. The summed E-state index contributed by atoms with van der Waals surface area (Å²) in [6.07, 6.45) is 5.21. The molecule has 0 saturated heterocycles. The highest BCUT2D eigenvalue weighted by molar-refractivity contribution is 7.08. The van der Waals surface area contributed by atoms with E-state index in [4.69, 9.17) is 0 Å². The van der Waals surface area contributed by atoms with Gasteiger partial charge < -0.3 is 10.6 Å². The first kappa shape index (κ1) is 15.5. The van der Waals surface area contributed by atoms with Gasteiger partial charge in [-0.3, -0.25) is 9.78 Å². The number of carbonyl (C=O) groups is 1. The van der Waals surface area contributed by atoms with Crippen molar-refractivity contribution in [1.29, 1.82) is 0 Å². The fraction of sp³-hybridized carbons (Fsp3) is 0.429. The summed E-state index contributed by atoms with van der Waals surface area (Å²) >= 11 is 1.15. The van der Waals surface area contributed by atoms with E-state index in [-0.39, 0.29) is 5.91 Å². The second-order valence-corrected chi connectivity index (χ2v) is 5.30. The summed E-state index contributed by atoms with van der Waals surface area (Å²) in [6.45, 7) is 4.24. The molecule has 0 fully saturated rings. The lowest BCUT2D eigenvalue weighted by molar-refractivity contribution is 0.0956. The van der Waals surface area contributed by atoms with Gasteiger partial charge in [-0.05, 0) is 42.5 Å². The number of hydrogen-bond donors (Lipinski definition) is 2. The number of nitrogens with one attached hydrogen (secondary N) is 2. The van der Waals surface area contributed by atoms with E-state index in [1.54, 1.807) is 6.20 Å². The normalized spacial score (nSPS) is 10.5. The van der Waals surface area contributed by atoms with Gasteiger partial charge in [-0.2, -0.15) is 0 Å². The van der Waals surface area contributed by atoms with E-state index < -0.39 is 0 Å². The van der Waals surface area contributed by atoms with Gasteiger partial charge in [0.25, 0.3) is 5.91 Å². The lowest BCUT2D eigenvalue weighted by Gasteiger charge is -2.06. The molecular weight excluding hydrogens is 286 g/mol. The quantitative estimate of drug-likeness (QED) is 0.721. The third kappa shape index (κ3) is 4.87. The molecule has 0 unspecified atom stereocenters. The van der Waals surface area contributed by atoms with Crippen LogP contribution in [0.5, 0.6) is 0 Å². The Hall–Kier alpha value is -1.86. The lowest BCUT2D eigenvalue weighted by atomic mass is 10.3. The number of aryl methyl sites for hydroxylation is 1. The highest BCUT2D eigenvalue weighted by Crippen LogP contribution is 2.10. The molecule has 6 nitrogen and oxygen atoms in total.